The molecule has 0 amide bonds. The average molecular weight is 502 g/mol. The fourth-order valence-electron chi connectivity index (χ4n) is 4.46. The molecule has 0 atom stereocenters. The van der Waals surface area contributed by atoms with Crippen LogP contribution in [0.3, 0.4) is 0 Å². The molecule has 182 valence electrons. The number of hydrogen-bond acceptors (Lipinski definition) is 8. The zero-order valence-corrected chi connectivity index (χ0v) is 20.4. The Hall–Kier alpha value is -4.02. The third-order valence-electron chi connectivity index (χ3n) is 6.09. The van der Waals surface area contributed by atoms with E-state index in [2.05, 4.69) is 4.98 Å². The number of hydrogen-bond donors (Lipinski definition) is 0. The van der Waals surface area contributed by atoms with Crippen molar-refractivity contribution in [2.24, 2.45) is 0 Å². The van der Waals surface area contributed by atoms with E-state index in [4.69, 9.17) is 14.5 Å². The number of ether oxygens (including phenoxy) is 2. The minimum atomic E-state index is -0.362. The summed E-state index contributed by atoms with van der Waals surface area (Å²) in [4.78, 5) is 40.6. The Morgan fingerprint density at radius 1 is 0.833 bits per heavy atom. The van der Waals surface area contributed by atoms with Gasteiger partial charge in [-0.3, -0.25) is 9.59 Å². The number of morpholine rings is 1. The fourth-order valence-corrected chi connectivity index (χ4v) is 5.47. The monoisotopic (exact) mass is 501 g/mol. The van der Waals surface area contributed by atoms with Crippen LogP contribution in [0.5, 0.6) is 6.01 Å². The van der Waals surface area contributed by atoms with E-state index in [0.717, 1.165) is 0 Å². The largest absolute Gasteiger partial charge is 0.465 e. The first-order valence-electron chi connectivity index (χ1n) is 11.8. The highest BCUT2D eigenvalue weighted by molar-refractivity contribution is 7.25. The van der Waals surface area contributed by atoms with Crippen LogP contribution in [0.4, 0.5) is 5.95 Å². The third kappa shape index (κ3) is 3.66. The number of fused-ring (bicyclic) bond motifs is 3. The van der Waals surface area contributed by atoms with Crippen LogP contribution in [-0.2, 0) is 4.74 Å². The molecule has 5 aromatic rings. The number of anilines is 1. The number of para-hydroxylation sites is 2. The quantitative estimate of drug-likeness (QED) is 0.365. The lowest BCUT2D eigenvalue weighted by Gasteiger charge is -2.29. The van der Waals surface area contributed by atoms with Crippen LogP contribution >= 0.6 is 11.3 Å². The van der Waals surface area contributed by atoms with Crippen LogP contribution in [0.2, 0.25) is 0 Å². The van der Waals surface area contributed by atoms with Crippen molar-refractivity contribution in [1.82, 2.24) is 19.1 Å². The fraction of sp³-hybridized carbons (Fsp3) is 0.231. The number of benzene rings is 2. The summed E-state index contributed by atoms with van der Waals surface area (Å²) in [5.74, 6) is 0.530. The minimum absolute atomic E-state index is 0.185. The molecule has 0 unspecified atom stereocenters. The van der Waals surface area contributed by atoms with Gasteiger partial charge in [-0.1, -0.05) is 47.7 Å². The van der Waals surface area contributed by atoms with Gasteiger partial charge >= 0.3 is 6.01 Å². The van der Waals surface area contributed by atoms with E-state index in [1.807, 2.05) is 72.5 Å². The maximum atomic E-state index is 14.1. The maximum absolute atomic E-state index is 14.1. The predicted molar refractivity (Wildman–Crippen MR) is 140 cm³/mol. The molecule has 0 saturated carbocycles. The molecular weight excluding hydrogens is 478 g/mol. The van der Waals surface area contributed by atoms with E-state index in [0.29, 0.717) is 59.9 Å². The number of aromatic nitrogens is 4. The van der Waals surface area contributed by atoms with Gasteiger partial charge in [0.15, 0.2) is 0 Å². The van der Waals surface area contributed by atoms with E-state index in [1.54, 1.807) is 4.57 Å². The van der Waals surface area contributed by atoms with Gasteiger partial charge < -0.3 is 14.4 Å². The van der Waals surface area contributed by atoms with Gasteiger partial charge in [0.1, 0.15) is 9.66 Å². The van der Waals surface area contributed by atoms with Gasteiger partial charge in [-0.15, -0.1) is 0 Å². The summed E-state index contributed by atoms with van der Waals surface area (Å²) in [6.45, 7) is 4.51. The topological polar surface area (TPSA) is 91.5 Å². The van der Waals surface area contributed by atoms with Gasteiger partial charge in [0.25, 0.3) is 11.1 Å². The van der Waals surface area contributed by atoms with Gasteiger partial charge in [0, 0.05) is 13.1 Å². The molecule has 10 heteroatoms. The normalized spacial score (nSPS) is 14.0. The van der Waals surface area contributed by atoms with Crippen molar-refractivity contribution >= 4 is 37.7 Å². The summed E-state index contributed by atoms with van der Waals surface area (Å²) in [7, 11) is 0. The van der Waals surface area contributed by atoms with E-state index in [9.17, 15) is 9.59 Å². The molecule has 6 rings (SSSR count). The zero-order valence-electron chi connectivity index (χ0n) is 19.6. The van der Waals surface area contributed by atoms with Crippen molar-refractivity contribution in [2.45, 2.75) is 6.92 Å². The Kier molecular flexibility index (Phi) is 5.74. The molecule has 1 aliphatic heterocycles. The predicted octanol–water partition coefficient (Wildman–Crippen LogP) is 3.38. The second kappa shape index (κ2) is 9.21. The number of thiophene rings is 1. The van der Waals surface area contributed by atoms with Gasteiger partial charge in [-0.05, 0) is 31.2 Å². The lowest BCUT2D eigenvalue weighted by Crippen LogP contribution is -2.40. The highest BCUT2D eigenvalue weighted by atomic mass is 32.1. The molecule has 1 saturated heterocycles. The molecule has 0 spiro atoms. The average Bonchev–Trinajstić information content (AvgIpc) is 3.29. The van der Waals surface area contributed by atoms with E-state index < -0.39 is 0 Å². The van der Waals surface area contributed by atoms with Crippen LogP contribution < -0.4 is 20.8 Å². The van der Waals surface area contributed by atoms with Crippen LogP contribution in [0, 0.1) is 0 Å². The van der Waals surface area contributed by atoms with Crippen LogP contribution in [0.25, 0.3) is 31.8 Å². The zero-order chi connectivity index (χ0) is 24.6. The standard InChI is InChI=1S/C26H23N5O4S/c1-2-35-26-28-22-20(24(33)31(26)18-11-7-4-8-12-18)19-21(36-22)27-25(29-13-15-34-16-14-29)30(23(19)32)17-9-5-3-6-10-17/h3-12H,2,13-16H2,1H3. The van der Waals surface area contributed by atoms with Crippen molar-refractivity contribution in [3.63, 3.8) is 0 Å². The molecule has 2 aromatic carbocycles. The lowest BCUT2D eigenvalue weighted by molar-refractivity contribution is 0.122. The molecule has 0 N–H and O–H groups in total. The summed E-state index contributed by atoms with van der Waals surface area (Å²) in [5.41, 5.74) is 0.626. The first-order chi connectivity index (χ1) is 17.7. The summed E-state index contributed by atoms with van der Waals surface area (Å²) < 4.78 is 14.3. The molecule has 3 aromatic heterocycles. The van der Waals surface area contributed by atoms with Crippen molar-refractivity contribution < 1.29 is 9.47 Å². The molecule has 36 heavy (non-hydrogen) atoms. The van der Waals surface area contributed by atoms with Crippen LogP contribution in [-0.4, -0.2) is 52.0 Å². The van der Waals surface area contributed by atoms with Gasteiger partial charge in [-0.25, -0.2) is 14.1 Å². The summed E-state index contributed by atoms with van der Waals surface area (Å²) >= 11 is 1.23. The first-order valence-corrected chi connectivity index (χ1v) is 12.6. The minimum Gasteiger partial charge on any atom is -0.465 e. The molecular formula is C26H23N5O4S. The SMILES string of the molecule is CCOc1nc2sc3nc(N4CCOCC4)n(-c4ccccc4)c(=O)c3c2c(=O)n1-c1ccccc1. The van der Waals surface area contributed by atoms with E-state index >= 15 is 0 Å². The summed E-state index contributed by atoms with van der Waals surface area (Å²) in [6, 6.07) is 18.7. The Morgan fingerprint density at radius 2 is 1.39 bits per heavy atom. The lowest BCUT2D eigenvalue weighted by atomic mass is 10.2. The Balaban J connectivity index is 1.71. The molecule has 1 fully saturated rings. The van der Waals surface area contributed by atoms with Crippen LogP contribution in [0.15, 0.2) is 70.3 Å². The summed E-state index contributed by atoms with van der Waals surface area (Å²) in [6.07, 6.45) is 0. The van der Waals surface area contributed by atoms with Gasteiger partial charge in [0.05, 0.1) is 42.0 Å². The second-order valence-electron chi connectivity index (χ2n) is 8.25. The highest BCUT2D eigenvalue weighted by Gasteiger charge is 2.26. The molecule has 9 nitrogen and oxygen atoms in total. The molecule has 0 radical (unpaired) electrons. The van der Waals surface area contributed by atoms with Crippen LogP contribution in [0.1, 0.15) is 6.92 Å². The maximum Gasteiger partial charge on any atom is 0.305 e. The smallest absolute Gasteiger partial charge is 0.305 e. The van der Waals surface area contributed by atoms with Crippen molar-refractivity contribution in [2.75, 3.05) is 37.8 Å². The van der Waals surface area contributed by atoms with Crippen molar-refractivity contribution in [3.05, 3.63) is 81.4 Å². The second-order valence-corrected chi connectivity index (χ2v) is 9.23. The first kappa shape index (κ1) is 22.4. The van der Waals surface area contributed by atoms with Gasteiger partial charge in [-0.2, -0.15) is 4.98 Å². The number of rotatable bonds is 5. The summed E-state index contributed by atoms with van der Waals surface area (Å²) in [5, 5.41) is 0.513. The molecule has 0 aliphatic carbocycles. The Morgan fingerprint density at radius 3 is 2.00 bits per heavy atom. The van der Waals surface area contributed by atoms with Gasteiger partial charge in [0.2, 0.25) is 5.95 Å². The Labute approximate surface area is 209 Å². The molecule has 1 aliphatic rings. The van der Waals surface area contributed by atoms with Crippen molar-refractivity contribution in [3.8, 4) is 17.4 Å². The van der Waals surface area contributed by atoms with E-state index in [-0.39, 0.29) is 27.9 Å². The Bertz CT molecular complexity index is 1670. The molecule has 0 bridgehead atoms. The van der Waals surface area contributed by atoms with E-state index in [1.165, 1.54) is 15.9 Å². The van der Waals surface area contributed by atoms with Crippen molar-refractivity contribution in [1.29, 1.82) is 0 Å². The molecule has 4 heterocycles. The third-order valence-corrected chi connectivity index (χ3v) is 7.07. The number of nitrogens with zero attached hydrogens (tertiary/aromatic N) is 5. The highest BCUT2D eigenvalue weighted by Crippen LogP contribution is 2.31.